The van der Waals surface area contributed by atoms with E-state index in [0.717, 1.165) is 12.1 Å². The molecule has 0 saturated carbocycles. The van der Waals surface area contributed by atoms with Crippen molar-refractivity contribution >= 4 is 11.9 Å². The van der Waals surface area contributed by atoms with E-state index >= 15 is 0 Å². The summed E-state index contributed by atoms with van der Waals surface area (Å²) in [5, 5.41) is 21.6. The van der Waals surface area contributed by atoms with Crippen molar-refractivity contribution in [3.05, 3.63) is 35.6 Å². The van der Waals surface area contributed by atoms with E-state index in [4.69, 9.17) is 0 Å². The lowest BCUT2D eigenvalue weighted by atomic mass is 9.64. The fourth-order valence-electron chi connectivity index (χ4n) is 3.82. The maximum atomic E-state index is 14.0. The van der Waals surface area contributed by atoms with Crippen LogP contribution in [-0.2, 0) is 19.1 Å². The Labute approximate surface area is 182 Å². The summed E-state index contributed by atoms with van der Waals surface area (Å²) >= 11 is 0. The minimum Gasteiger partial charge on any atom is -0.466 e. The molecule has 1 fully saturated rings. The Morgan fingerprint density at radius 1 is 0.879 bits per heavy atom. The van der Waals surface area contributed by atoms with Gasteiger partial charge in [0.2, 0.25) is 11.4 Å². The molecular weight excluding hydrogens is 471 g/mol. The topological polar surface area (TPSA) is 105 Å². The van der Waals surface area contributed by atoms with Crippen LogP contribution in [0.4, 0.5) is 30.7 Å². The third-order valence-electron chi connectivity index (χ3n) is 5.20. The van der Waals surface area contributed by atoms with Gasteiger partial charge in [-0.05, 0) is 31.5 Å². The average molecular weight is 491 g/mol. The first-order chi connectivity index (χ1) is 15.0. The highest BCUT2D eigenvalue weighted by Crippen LogP contribution is 2.55. The molecule has 5 atom stereocenters. The molecule has 2 rings (SSSR count). The van der Waals surface area contributed by atoms with Gasteiger partial charge in [0.15, 0.2) is 0 Å². The van der Waals surface area contributed by atoms with Crippen LogP contribution < -0.4 is 5.32 Å². The molecule has 1 heterocycles. The summed E-state index contributed by atoms with van der Waals surface area (Å²) in [4.78, 5) is 25.2. The number of hydrogen-bond acceptors (Lipinski definition) is 7. The smallest absolute Gasteiger partial charge is 0.432 e. The summed E-state index contributed by atoms with van der Waals surface area (Å²) in [6.45, 7) is 1.30. The Hall–Kier alpha value is -2.45. The minimum atomic E-state index is -5.98. The number of carbonyl (C=O) groups excluding carboxylic acids is 2. The van der Waals surface area contributed by atoms with Crippen LogP contribution >= 0.6 is 0 Å². The monoisotopic (exact) mass is 491 g/mol. The number of aliphatic hydroxyl groups is 2. The van der Waals surface area contributed by atoms with Gasteiger partial charge < -0.3 is 19.7 Å². The number of halogens is 7. The van der Waals surface area contributed by atoms with Crippen LogP contribution in [-0.4, -0.2) is 59.2 Å². The maximum absolute atomic E-state index is 14.0. The highest BCUT2D eigenvalue weighted by atomic mass is 19.4. The number of piperidine rings is 1. The van der Waals surface area contributed by atoms with E-state index in [1.807, 2.05) is 0 Å². The first-order valence-corrected chi connectivity index (χ1v) is 9.51. The van der Waals surface area contributed by atoms with E-state index in [1.165, 1.54) is 13.8 Å². The lowest BCUT2D eigenvalue weighted by molar-refractivity contribution is -0.376. The first-order valence-electron chi connectivity index (χ1n) is 9.51. The van der Waals surface area contributed by atoms with E-state index in [9.17, 15) is 50.5 Å². The number of rotatable bonds is 5. The maximum Gasteiger partial charge on any atom is 0.432 e. The zero-order chi connectivity index (χ0) is 25.4. The molecule has 1 aliphatic heterocycles. The molecule has 186 valence electrons. The van der Waals surface area contributed by atoms with Crippen LogP contribution in [0.15, 0.2) is 24.3 Å². The highest BCUT2D eigenvalue weighted by molar-refractivity contribution is 5.81. The number of ether oxygens (including phenoxy) is 2. The molecule has 1 saturated heterocycles. The third-order valence-corrected chi connectivity index (χ3v) is 5.20. The minimum absolute atomic E-state index is 0.535. The van der Waals surface area contributed by atoms with Crippen molar-refractivity contribution in [1.29, 1.82) is 0 Å². The molecule has 0 aromatic heterocycles. The van der Waals surface area contributed by atoms with Gasteiger partial charge in [0.1, 0.15) is 17.7 Å². The van der Waals surface area contributed by atoms with Crippen molar-refractivity contribution < 1.29 is 60.0 Å². The van der Waals surface area contributed by atoms with Gasteiger partial charge in [0, 0.05) is 5.92 Å². The zero-order valence-corrected chi connectivity index (χ0v) is 17.1. The van der Waals surface area contributed by atoms with Crippen LogP contribution in [0.2, 0.25) is 0 Å². The SMILES string of the molecule is CCOC(=O)[C@@H]1C(c2ccc(F)cc2)[C@H](C(=O)OCC)[C@@](O)(C(F)(F)F)N[C@]1(O)C(F)(F)F. The van der Waals surface area contributed by atoms with Gasteiger partial charge in [-0.3, -0.25) is 9.59 Å². The van der Waals surface area contributed by atoms with Crippen molar-refractivity contribution in [2.45, 2.75) is 43.6 Å². The lowest BCUT2D eigenvalue weighted by Gasteiger charge is -2.54. The summed E-state index contributed by atoms with van der Waals surface area (Å²) in [5.41, 5.74) is -10.0. The fourth-order valence-corrected chi connectivity index (χ4v) is 3.82. The predicted molar refractivity (Wildman–Crippen MR) is 94.5 cm³/mol. The summed E-state index contributed by atoms with van der Waals surface area (Å²) in [5.74, 6) is -13.0. The van der Waals surface area contributed by atoms with E-state index in [2.05, 4.69) is 9.47 Å². The number of nitrogens with one attached hydrogen (secondary N) is 1. The van der Waals surface area contributed by atoms with Crippen LogP contribution in [0.3, 0.4) is 0 Å². The molecular formula is C19H20F7NO6. The van der Waals surface area contributed by atoms with E-state index in [0.29, 0.717) is 17.4 Å². The van der Waals surface area contributed by atoms with Crippen molar-refractivity contribution in [2.24, 2.45) is 11.8 Å². The molecule has 1 aliphatic rings. The molecule has 14 heteroatoms. The second kappa shape index (κ2) is 9.06. The molecule has 3 N–H and O–H groups in total. The van der Waals surface area contributed by atoms with Crippen LogP contribution in [0.5, 0.6) is 0 Å². The molecule has 0 amide bonds. The van der Waals surface area contributed by atoms with Gasteiger partial charge in [0.25, 0.3) is 0 Å². The van der Waals surface area contributed by atoms with Crippen molar-refractivity contribution in [3.63, 3.8) is 0 Å². The number of hydrogen-bond donors (Lipinski definition) is 3. The molecule has 7 nitrogen and oxygen atoms in total. The number of alkyl halides is 6. The van der Waals surface area contributed by atoms with E-state index in [1.54, 1.807) is 0 Å². The highest BCUT2D eigenvalue weighted by Gasteiger charge is 2.78. The summed E-state index contributed by atoms with van der Waals surface area (Å²) in [7, 11) is 0. The summed E-state index contributed by atoms with van der Waals surface area (Å²) < 4.78 is 106. The molecule has 1 aromatic rings. The second-order valence-electron chi connectivity index (χ2n) is 7.19. The molecule has 0 aliphatic carbocycles. The van der Waals surface area contributed by atoms with E-state index < -0.39 is 78.1 Å². The summed E-state index contributed by atoms with van der Waals surface area (Å²) in [6.07, 6.45) is -12.0. The van der Waals surface area contributed by atoms with Gasteiger partial charge >= 0.3 is 24.3 Å². The Bertz CT molecular complexity index is 827. The van der Waals surface area contributed by atoms with Crippen molar-refractivity contribution in [2.75, 3.05) is 13.2 Å². The number of carbonyl (C=O) groups is 2. The van der Waals surface area contributed by atoms with Crippen molar-refractivity contribution in [3.8, 4) is 0 Å². The van der Waals surface area contributed by atoms with Crippen LogP contribution in [0.25, 0.3) is 0 Å². The largest absolute Gasteiger partial charge is 0.466 e. The van der Waals surface area contributed by atoms with Gasteiger partial charge in [-0.25, -0.2) is 9.71 Å². The molecule has 0 spiro atoms. The second-order valence-corrected chi connectivity index (χ2v) is 7.19. The average Bonchev–Trinajstić information content (AvgIpc) is 2.66. The normalized spacial score (nSPS) is 30.6. The Morgan fingerprint density at radius 3 is 1.55 bits per heavy atom. The van der Waals surface area contributed by atoms with Crippen LogP contribution in [0, 0.1) is 17.7 Å². The van der Waals surface area contributed by atoms with Gasteiger partial charge in [-0.1, -0.05) is 12.1 Å². The van der Waals surface area contributed by atoms with E-state index in [-0.39, 0.29) is 0 Å². The number of benzene rings is 1. The Morgan fingerprint density at radius 2 is 1.24 bits per heavy atom. The molecule has 1 aromatic carbocycles. The molecule has 0 radical (unpaired) electrons. The van der Waals surface area contributed by atoms with Gasteiger partial charge in [0.05, 0.1) is 13.2 Å². The van der Waals surface area contributed by atoms with Crippen LogP contribution in [0.1, 0.15) is 25.3 Å². The fraction of sp³-hybridized carbons (Fsp3) is 0.579. The zero-order valence-electron chi connectivity index (χ0n) is 17.1. The predicted octanol–water partition coefficient (Wildman–Crippen LogP) is 2.37. The first kappa shape index (κ1) is 26.8. The van der Waals surface area contributed by atoms with Crippen molar-refractivity contribution in [1.82, 2.24) is 5.32 Å². The molecule has 1 unspecified atom stereocenters. The Balaban J connectivity index is 2.95. The Kier molecular flexibility index (Phi) is 7.36. The third kappa shape index (κ3) is 4.64. The quantitative estimate of drug-likeness (QED) is 0.429. The van der Waals surface area contributed by atoms with Gasteiger partial charge in [-0.2, -0.15) is 26.3 Å². The molecule has 33 heavy (non-hydrogen) atoms. The molecule has 0 bridgehead atoms. The lowest BCUT2D eigenvalue weighted by Crippen LogP contribution is -2.81. The van der Waals surface area contributed by atoms with Gasteiger partial charge in [-0.15, -0.1) is 0 Å². The number of esters is 2. The standard InChI is InChI=1S/C19H20F7NO6/c1-3-32-14(28)12-11(9-5-7-10(20)8-6-9)13(15(29)33-4-2)17(31,19(24,25)26)27-16(12,30)18(21,22)23/h5-8,11-13,27,30-31H,3-4H2,1-2H3/t11?,12-,13+,16-,17-/m1/s1. The summed E-state index contributed by atoms with van der Waals surface area (Å²) in [6, 6.07) is 2.75.